The first kappa shape index (κ1) is 20.6. The first-order chi connectivity index (χ1) is 11.7. The maximum atomic E-state index is 12.0. The summed E-state index contributed by atoms with van der Waals surface area (Å²) in [5.41, 5.74) is 6.63. The minimum absolute atomic E-state index is 0.00430. The second-order valence-electron chi connectivity index (χ2n) is 5.76. The second kappa shape index (κ2) is 9.78. The van der Waals surface area contributed by atoms with Gasteiger partial charge in [-0.15, -0.1) is 0 Å². The zero-order valence-electron chi connectivity index (χ0n) is 13.9. The average molecular weight is 369 g/mol. The Morgan fingerprint density at radius 3 is 2.44 bits per heavy atom. The van der Waals surface area contributed by atoms with Gasteiger partial charge in [0, 0.05) is 30.7 Å². The molecule has 1 aromatic carbocycles. The molecule has 0 aliphatic rings. The maximum absolute atomic E-state index is 12.0. The van der Waals surface area contributed by atoms with Crippen LogP contribution in [0.15, 0.2) is 18.2 Å². The molecule has 1 rings (SSSR count). The molecule has 0 fully saturated rings. The van der Waals surface area contributed by atoms with Crippen molar-refractivity contribution in [1.29, 1.82) is 0 Å². The molecule has 1 aromatic rings. The molecule has 0 saturated carbocycles. The number of nitrogens with one attached hydrogen (secondary N) is 1. The van der Waals surface area contributed by atoms with E-state index in [4.69, 9.17) is 22.4 Å². The van der Waals surface area contributed by atoms with Crippen molar-refractivity contribution in [2.45, 2.75) is 45.1 Å². The highest BCUT2D eigenvalue weighted by Gasteiger charge is 2.20. The van der Waals surface area contributed by atoms with Gasteiger partial charge in [-0.3, -0.25) is 14.4 Å². The molecule has 0 heterocycles. The molecule has 1 atom stereocenters. The van der Waals surface area contributed by atoms with Gasteiger partial charge in [0.1, 0.15) is 11.8 Å². The monoisotopic (exact) mass is 368 g/mol. The van der Waals surface area contributed by atoms with Crippen molar-refractivity contribution in [2.24, 2.45) is 5.73 Å². The number of nitrogens with two attached hydrogens (primary N) is 1. The van der Waals surface area contributed by atoms with Crippen LogP contribution in [0.3, 0.4) is 0 Å². The Bertz CT molecular complexity index is 675. The van der Waals surface area contributed by atoms with E-state index in [9.17, 15) is 19.2 Å². The lowest BCUT2D eigenvalue weighted by Crippen LogP contribution is -2.41. The number of carbonyl (C=O) groups excluding carboxylic acids is 3. The molecule has 0 spiro atoms. The van der Waals surface area contributed by atoms with Crippen molar-refractivity contribution in [2.75, 3.05) is 0 Å². The van der Waals surface area contributed by atoms with Gasteiger partial charge >= 0.3 is 5.97 Å². The van der Waals surface area contributed by atoms with Crippen LogP contribution in [-0.4, -0.2) is 34.7 Å². The molecule has 136 valence electrons. The highest BCUT2D eigenvalue weighted by molar-refractivity contribution is 6.31. The van der Waals surface area contributed by atoms with Crippen LogP contribution in [0.4, 0.5) is 0 Å². The normalized spacial score (nSPS) is 11.6. The summed E-state index contributed by atoms with van der Waals surface area (Å²) in [4.78, 5) is 45.5. The first-order valence-electron chi connectivity index (χ1n) is 7.76. The van der Waals surface area contributed by atoms with Crippen LogP contribution >= 0.6 is 11.6 Å². The van der Waals surface area contributed by atoms with Gasteiger partial charge in [0.15, 0.2) is 0 Å². The number of Topliss-reactive ketones (excluding diaryl/α,β-unsaturated/α-hetero) is 1. The van der Waals surface area contributed by atoms with E-state index in [0.29, 0.717) is 5.02 Å². The Balaban J connectivity index is 2.45. The lowest BCUT2D eigenvalue weighted by molar-refractivity contribution is -0.142. The van der Waals surface area contributed by atoms with E-state index in [0.717, 1.165) is 11.1 Å². The molecule has 0 aliphatic carbocycles. The number of hydrogen-bond acceptors (Lipinski definition) is 4. The number of ketones is 1. The third kappa shape index (κ3) is 7.80. The van der Waals surface area contributed by atoms with Crippen LogP contribution in [0.5, 0.6) is 0 Å². The van der Waals surface area contributed by atoms with E-state index < -0.39 is 23.8 Å². The summed E-state index contributed by atoms with van der Waals surface area (Å²) in [6, 6.07) is 4.07. The number of amides is 2. The molecule has 4 N–H and O–H groups in total. The first-order valence-corrected chi connectivity index (χ1v) is 8.14. The Morgan fingerprint density at radius 2 is 1.88 bits per heavy atom. The molecule has 8 heteroatoms. The van der Waals surface area contributed by atoms with Gasteiger partial charge in [0.2, 0.25) is 11.8 Å². The van der Waals surface area contributed by atoms with Gasteiger partial charge < -0.3 is 16.2 Å². The molecule has 2 amide bonds. The van der Waals surface area contributed by atoms with E-state index >= 15 is 0 Å². The van der Waals surface area contributed by atoms with Crippen LogP contribution < -0.4 is 11.1 Å². The molecule has 0 saturated heterocycles. The molecule has 0 aromatic heterocycles. The Labute approximate surface area is 150 Å². The lowest BCUT2D eigenvalue weighted by Gasteiger charge is -2.13. The Hall–Kier alpha value is -2.41. The van der Waals surface area contributed by atoms with Crippen molar-refractivity contribution < 1.29 is 24.3 Å². The van der Waals surface area contributed by atoms with Gasteiger partial charge in [-0.05, 0) is 30.5 Å². The number of rotatable bonds is 10. The standard InChI is InChI=1S/C17H21ClN2O5/c1-10-8-11(2-4-13(10)18)9-12(21)3-7-16(23)20-14(17(24)25)5-6-15(19)22/h2,4,8,14H,3,5-7,9H2,1H3,(H2,19,22)(H,20,23)(H,24,25). The SMILES string of the molecule is Cc1cc(CC(=O)CCC(=O)NC(CCC(N)=O)C(=O)O)ccc1Cl. The van der Waals surface area contributed by atoms with E-state index in [1.807, 2.05) is 13.0 Å². The fourth-order valence-corrected chi connectivity index (χ4v) is 2.31. The fourth-order valence-electron chi connectivity index (χ4n) is 2.20. The molecule has 25 heavy (non-hydrogen) atoms. The predicted molar refractivity (Wildman–Crippen MR) is 92.1 cm³/mol. The molecule has 0 bridgehead atoms. The van der Waals surface area contributed by atoms with E-state index in [1.54, 1.807) is 12.1 Å². The van der Waals surface area contributed by atoms with Crippen LogP contribution in [0.1, 0.15) is 36.8 Å². The second-order valence-corrected chi connectivity index (χ2v) is 6.17. The number of aryl methyl sites for hydroxylation is 1. The topological polar surface area (TPSA) is 127 Å². The maximum Gasteiger partial charge on any atom is 0.326 e. The third-order valence-electron chi connectivity index (χ3n) is 3.57. The van der Waals surface area contributed by atoms with Crippen LogP contribution in [-0.2, 0) is 25.6 Å². The van der Waals surface area contributed by atoms with Gasteiger partial charge in [-0.2, -0.15) is 0 Å². The van der Waals surface area contributed by atoms with Crippen molar-refractivity contribution >= 4 is 35.2 Å². The highest BCUT2D eigenvalue weighted by atomic mass is 35.5. The predicted octanol–water partition coefficient (Wildman–Crippen LogP) is 1.38. The van der Waals surface area contributed by atoms with Gasteiger partial charge in [0.05, 0.1) is 0 Å². The number of hydrogen-bond donors (Lipinski definition) is 3. The van der Waals surface area contributed by atoms with E-state index in [-0.39, 0.29) is 37.9 Å². The molecule has 0 aliphatic heterocycles. The largest absolute Gasteiger partial charge is 0.480 e. The van der Waals surface area contributed by atoms with E-state index in [2.05, 4.69) is 5.32 Å². The van der Waals surface area contributed by atoms with Crippen molar-refractivity contribution in [3.63, 3.8) is 0 Å². The lowest BCUT2D eigenvalue weighted by atomic mass is 10.0. The van der Waals surface area contributed by atoms with Crippen LogP contribution in [0.25, 0.3) is 0 Å². The summed E-state index contributed by atoms with van der Waals surface area (Å²) in [5, 5.41) is 11.9. The number of carbonyl (C=O) groups is 4. The van der Waals surface area contributed by atoms with Crippen molar-refractivity contribution in [1.82, 2.24) is 5.32 Å². The van der Waals surface area contributed by atoms with E-state index in [1.165, 1.54) is 0 Å². The molecule has 7 nitrogen and oxygen atoms in total. The van der Waals surface area contributed by atoms with Crippen LogP contribution in [0.2, 0.25) is 5.02 Å². The van der Waals surface area contributed by atoms with Gasteiger partial charge in [0.25, 0.3) is 0 Å². The zero-order chi connectivity index (χ0) is 19.0. The van der Waals surface area contributed by atoms with Crippen LogP contribution in [0, 0.1) is 6.92 Å². The quantitative estimate of drug-likeness (QED) is 0.575. The number of carboxylic acid groups (broad SMARTS) is 1. The molecule has 0 radical (unpaired) electrons. The fraction of sp³-hybridized carbons (Fsp3) is 0.412. The summed E-state index contributed by atoms with van der Waals surface area (Å²) >= 11 is 5.92. The Morgan fingerprint density at radius 1 is 1.20 bits per heavy atom. The van der Waals surface area contributed by atoms with Crippen molar-refractivity contribution in [3.8, 4) is 0 Å². The summed E-state index contributed by atoms with van der Waals surface area (Å²) in [6.45, 7) is 1.84. The average Bonchev–Trinajstić information content (AvgIpc) is 2.52. The summed E-state index contributed by atoms with van der Waals surface area (Å²) in [7, 11) is 0. The van der Waals surface area contributed by atoms with Gasteiger partial charge in [-0.25, -0.2) is 4.79 Å². The minimum atomic E-state index is -1.25. The van der Waals surface area contributed by atoms with Crippen molar-refractivity contribution in [3.05, 3.63) is 34.3 Å². The smallest absolute Gasteiger partial charge is 0.326 e. The zero-order valence-corrected chi connectivity index (χ0v) is 14.6. The van der Waals surface area contributed by atoms with Gasteiger partial charge in [-0.1, -0.05) is 23.7 Å². The summed E-state index contributed by atoms with van der Waals surface area (Å²) in [6.07, 6.45) is -0.183. The molecule has 1 unspecified atom stereocenters. The number of benzene rings is 1. The summed E-state index contributed by atoms with van der Waals surface area (Å²) in [5.74, 6) is -2.59. The number of primary amides is 1. The molecular weight excluding hydrogens is 348 g/mol. The third-order valence-corrected chi connectivity index (χ3v) is 3.99. The summed E-state index contributed by atoms with van der Waals surface area (Å²) < 4.78 is 0. The number of halogens is 1. The minimum Gasteiger partial charge on any atom is -0.480 e. The number of carboxylic acids is 1. The molecular formula is C17H21ClN2O5. The Kier molecular flexibility index (Phi) is 8.07. The number of aliphatic carboxylic acids is 1. The highest BCUT2D eigenvalue weighted by Crippen LogP contribution is 2.17.